The topological polar surface area (TPSA) is 94.1 Å². The van der Waals surface area contributed by atoms with E-state index in [1.165, 1.54) is 12.1 Å². The summed E-state index contributed by atoms with van der Waals surface area (Å²) in [6.07, 6.45) is 0.998. The largest absolute Gasteiger partial charge is 0.505 e. The number of aryl methyl sites for hydroxylation is 1. The Labute approximate surface area is 174 Å². The SMILES string of the molecule is Cc1n[nH]c2nc(-c3ccc(O)c(F)c3)cc(C(=O)N3CCNC(CC(C)C)C3)c12. The predicted molar refractivity (Wildman–Crippen MR) is 113 cm³/mol. The van der Waals surface area contributed by atoms with Crippen LogP contribution in [-0.2, 0) is 0 Å². The van der Waals surface area contributed by atoms with E-state index in [1.54, 1.807) is 12.1 Å². The summed E-state index contributed by atoms with van der Waals surface area (Å²) in [6.45, 7) is 8.19. The lowest BCUT2D eigenvalue weighted by Crippen LogP contribution is -2.53. The second-order valence-corrected chi connectivity index (χ2v) is 8.29. The molecule has 0 radical (unpaired) electrons. The maximum atomic E-state index is 13.9. The maximum absolute atomic E-state index is 13.9. The van der Waals surface area contributed by atoms with Gasteiger partial charge in [-0.15, -0.1) is 0 Å². The van der Waals surface area contributed by atoms with E-state index in [2.05, 4.69) is 34.3 Å². The second kappa shape index (κ2) is 8.02. The molecular formula is C22H26FN5O2. The van der Waals surface area contributed by atoms with Gasteiger partial charge in [0.1, 0.15) is 0 Å². The number of benzene rings is 1. The number of aromatic hydroxyl groups is 1. The van der Waals surface area contributed by atoms with Gasteiger partial charge in [-0.25, -0.2) is 9.37 Å². The van der Waals surface area contributed by atoms with E-state index in [9.17, 15) is 14.3 Å². The zero-order chi connectivity index (χ0) is 21.4. The number of pyridine rings is 1. The quantitative estimate of drug-likeness (QED) is 0.613. The molecule has 30 heavy (non-hydrogen) atoms. The Morgan fingerprint density at radius 3 is 2.90 bits per heavy atom. The van der Waals surface area contributed by atoms with Crippen LogP contribution < -0.4 is 5.32 Å². The summed E-state index contributed by atoms with van der Waals surface area (Å²) in [5, 5.41) is 20.7. The molecule has 0 bridgehead atoms. The maximum Gasteiger partial charge on any atom is 0.254 e. The summed E-state index contributed by atoms with van der Waals surface area (Å²) in [7, 11) is 0. The van der Waals surface area contributed by atoms with E-state index in [1.807, 2.05) is 11.8 Å². The smallest absolute Gasteiger partial charge is 0.254 e. The minimum atomic E-state index is -0.735. The Kier molecular flexibility index (Phi) is 5.42. The molecular weight excluding hydrogens is 385 g/mol. The third-order valence-electron chi connectivity index (χ3n) is 5.48. The fourth-order valence-corrected chi connectivity index (χ4v) is 4.07. The first-order valence-corrected chi connectivity index (χ1v) is 10.2. The highest BCUT2D eigenvalue weighted by atomic mass is 19.1. The highest BCUT2D eigenvalue weighted by molar-refractivity contribution is 6.07. The molecule has 1 atom stereocenters. The summed E-state index contributed by atoms with van der Waals surface area (Å²) in [5.74, 6) is -0.702. The highest BCUT2D eigenvalue weighted by Gasteiger charge is 2.27. The molecule has 4 rings (SSSR count). The zero-order valence-corrected chi connectivity index (χ0v) is 17.4. The average Bonchev–Trinajstić information content (AvgIpc) is 3.09. The number of H-pyrrole nitrogens is 1. The summed E-state index contributed by atoms with van der Waals surface area (Å²) in [5.41, 5.74) is 2.60. The van der Waals surface area contributed by atoms with Crippen LogP contribution in [0.15, 0.2) is 24.3 Å². The molecule has 1 saturated heterocycles. The van der Waals surface area contributed by atoms with Crippen molar-refractivity contribution in [2.24, 2.45) is 5.92 Å². The molecule has 3 N–H and O–H groups in total. The lowest BCUT2D eigenvalue weighted by Gasteiger charge is -2.34. The number of aromatic amines is 1. The van der Waals surface area contributed by atoms with Crippen molar-refractivity contribution in [2.75, 3.05) is 19.6 Å². The van der Waals surface area contributed by atoms with Crippen molar-refractivity contribution in [3.05, 3.63) is 41.3 Å². The van der Waals surface area contributed by atoms with Gasteiger partial charge < -0.3 is 15.3 Å². The molecule has 1 aliphatic rings. The van der Waals surface area contributed by atoms with Crippen LogP contribution in [0.1, 0.15) is 36.3 Å². The average molecular weight is 411 g/mol. The lowest BCUT2D eigenvalue weighted by atomic mass is 10.0. The van der Waals surface area contributed by atoms with Crippen LogP contribution >= 0.6 is 0 Å². The van der Waals surface area contributed by atoms with E-state index >= 15 is 0 Å². The number of piperazine rings is 1. The van der Waals surface area contributed by atoms with Gasteiger partial charge >= 0.3 is 0 Å². The number of fused-ring (bicyclic) bond motifs is 1. The van der Waals surface area contributed by atoms with E-state index in [0.717, 1.165) is 13.0 Å². The third kappa shape index (κ3) is 3.87. The van der Waals surface area contributed by atoms with E-state index in [4.69, 9.17) is 0 Å². The van der Waals surface area contributed by atoms with E-state index in [-0.39, 0.29) is 11.9 Å². The molecule has 8 heteroatoms. The Hall–Kier alpha value is -3.00. The Balaban J connectivity index is 1.74. The first-order valence-electron chi connectivity index (χ1n) is 10.2. The summed E-state index contributed by atoms with van der Waals surface area (Å²) < 4.78 is 13.9. The number of amides is 1. The van der Waals surface area contributed by atoms with Gasteiger partial charge in [0.15, 0.2) is 17.2 Å². The number of halogens is 1. The van der Waals surface area contributed by atoms with Gasteiger partial charge in [-0.3, -0.25) is 9.89 Å². The molecule has 7 nitrogen and oxygen atoms in total. The van der Waals surface area contributed by atoms with Crippen molar-refractivity contribution in [1.82, 2.24) is 25.4 Å². The number of rotatable bonds is 4. The molecule has 0 aliphatic carbocycles. The van der Waals surface area contributed by atoms with Gasteiger partial charge in [0.25, 0.3) is 5.91 Å². The number of carbonyl (C=O) groups excluding carboxylic acids is 1. The Bertz CT molecular complexity index is 1090. The van der Waals surface area contributed by atoms with E-state index < -0.39 is 11.6 Å². The van der Waals surface area contributed by atoms with Crippen LogP contribution in [0, 0.1) is 18.7 Å². The molecule has 3 aromatic rings. The highest BCUT2D eigenvalue weighted by Crippen LogP contribution is 2.29. The molecule has 3 heterocycles. The van der Waals surface area contributed by atoms with Crippen LogP contribution in [0.4, 0.5) is 4.39 Å². The fraction of sp³-hybridized carbons (Fsp3) is 0.409. The number of hydrogen-bond donors (Lipinski definition) is 3. The van der Waals surface area contributed by atoms with Crippen molar-refractivity contribution in [2.45, 2.75) is 33.2 Å². The van der Waals surface area contributed by atoms with Crippen LogP contribution in [0.2, 0.25) is 0 Å². The zero-order valence-electron chi connectivity index (χ0n) is 17.4. The normalized spacial score (nSPS) is 17.1. The Morgan fingerprint density at radius 1 is 1.37 bits per heavy atom. The number of carbonyl (C=O) groups is 1. The standard InChI is InChI=1S/C22H26FN5O2/c1-12(2)8-15-11-28(7-6-24-15)22(30)16-10-18(14-4-5-19(29)17(23)9-14)25-21-20(16)13(3)26-27-21/h4-5,9-10,12,15,24,29H,6-8,11H2,1-3H3,(H,25,26,27). The Morgan fingerprint density at radius 2 is 2.17 bits per heavy atom. The van der Waals surface area contributed by atoms with Crippen molar-refractivity contribution in [3.63, 3.8) is 0 Å². The van der Waals surface area contributed by atoms with Crippen molar-refractivity contribution < 1.29 is 14.3 Å². The molecule has 0 saturated carbocycles. The molecule has 2 aromatic heterocycles. The second-order valence-electron chi connectivity index (χ2n) is 8.29. The van der Waals surface area contributed by atoms with Crippen LogP contribution in [0.3, 0.4) is 0 Å². The summed E-state index contributed by atoms with van der Waals surface area (Å²) in [4.78, 5) is 19.9. The number of hydrogen-bond acceptors (Lipinski definition) is 5. The molecule has 1 amide bonds. The first-order chi connectivity index (χ1) is 14.3. The van der Waals surface area contributed by atoms with Gasteiger partial charge in [0.2, 0.25) is 0 Å². The number of nitrogens with zero attached hydrogens (tertiary/aromatic N) is 3. The minimum Gasteiger partial charge on any atom is -0.505 e. The molecule has 1 aromatic carbocycles. The molecule has 1 aliphatic heterocycles. The lowest BCUT2D eigenvalue weighted by molar-refractivity contribution is 0.0696. The first kappa shape index (κ1) is 20.3. The third-order valence-corrected chi connectivity index (χ3v) is 5.48. The monoisotopic (exact) mass is 411 g/mol. The fourth-order valence-electron chi connectivity index (χ4n) is 4.07. The van der Waals surface area contributed by atoms with Gasteiger partial charge in [-0.2, -0.15) is 5.10 Å². The number of nitrogens with one attached hydrogen (secondary N) is 2. The summed E-state index contributed by atoms with van der Waals surface area (Å²) >= 11 is 0. The number of aromatic nitrogens is 3. The van der Waals surface area contributed by atoms with Gasteiger partial charge in [-0.05, 0) is 43.5 Å². The molecule has 0 spiro atoms. The molecule has 1 unspecified atom stereocenters. The number of phenols is 1. The van der Waals surface area contributed by atoms with Gasteiger partial charge in [0, 0.05) is 31.2 Å². The van der Waals surface area contributed by atoms with Crippen LogP contribution in [0.5, 0.6) is 5.75 Å². The van der Waals surface area contributed by atoms with Crippen LogP contribution in [0.25, 0.3) is 22.3 Å². The molecule has 158 valence electrons. The van der Waals surface area contributed by atoms with Gasteiger partial charge in [-0.1, -0.05) is 13.8 Å². The molecule has 1 fully saturated rings. The van der Waals surface area contributed by atoms with Crippen LogP contribution in [-0.4, -0.2) is 56.8 Å². The van der Waals surface area contributed by atoms with Crippen molar-refractivity contribution >= 4 is 16.9 Å². The summed E-state index contributed by atoms with van der Waals surface area (Å²) in [6, 6.07) is 6.02. The predicted octanol–water partition coefficient (Wildman–Crippen LogP) is 3.24. The van der Waals surface area contributed by atoms with Gasteiger partial charge in [0.05, 0.1) is 22.3 Å². The van der Waals surface area contributed by atoms with Crippen molar-refractivity contribution in [3.8, 4) is 17.0 Å². The van der Waals surface area contributed by atoms with E-state index in [0.29, 0.717) is 52.6 Å². The van der Waals surface area contributed by atoms with Crippen molar-refractivity contribution in [1.29, 1.82) is 0 Å². The minimum absolute atomic E-state index is 0.0809. The number of phenolic OH excluding ortho intramolecular Hbond substituents is 1.